The van der Waals surface area contributed by atoms with Crippen LogP contribution in [-0.4, -0.2) is 47.1 Å². The molecular formula is C20H29N3O2. The molecular weight excluding hydrogens is 314 g/mol. The molecule has 0 N–H and O–H groups in total. The van der Waals surface area contributed by atoms with Crippen molar-refractivity contribution in [3.63, 3.8) is 0 Å². The van der Waals surface area contributed by atoms with Crippen molar-refractivity contribution in [1.29, 1.82) is 0 Å². The molecule has 0 amide bonds. The van der Waals surface area contributed by atoms with E-state index in [-0.39, 0.29) is 5.60 Å². The lowest BCUT2D eigenvalue weighted by Crippen LogP contribution is -2.44. The molecule has 0 saturated carbocycles. The molecule has 1 aromatic carbocycles. The van der Waals surface area contributed by atoms with Gasteiger partial charge in [0.25, 0.3) is 0 Å². The maximum Gasteiger partial charge on any atom is 0.123 e. The molecule has 0 aliphatic carbocycles. The average molecular weight is 343 g/mol. The first-order valence-electron chi connectivity index (χ1n) is 8.94. The monoisotopic (exact) mass is 343 g/mol. The second kappa shape index (κ2) is 7.58. The third-order valence-corrected chi connectivity index (χ3v) is 4.96. The molecule has 2 heterocycles. The predicted molar refractivity (Wildman–Crippen MR) is 98.8 cm³/mol. The summed E-state index contributed by atoms with van der Waals surface area (Å²) in [4.78, 5) is 2.45. The van der Waals surface area contributed by atoms with E-state index in [4.69, 9.17) is 9.47 Å². The van der Waals surface area contributed by atoms with Gasteiger partial charge in [-0.3, -0.25) is 9.58 Å². The number of aromatic nitrogens is 2. The van der Waals surface area contributed by atoms with E-state index >= 15 is 0 Å². The fourth-order valence-electron chi connectivity index (χ4n) is 3.62. The van der Waals surface area contributed by atoms with Crippen LogP contribution in [0.2, 0.25) is 0 Å². The van der Waals surface area contributed by atoms with Gasteiger partial charge in [-0.05, 0) is 57.5 Å². The van der Waals surface area contributed by atoms with E-state index in [0.717, 1.165) is 43.9 Å². The predicted octanol–water partition coefficient (Wildman–Crippen LogP) is 3.33. The van der Waals surface area contributed by atoms with Crippen molar-refractivity contribution in [3.05, 3.63) is 47.8 Å². The van der Waals surface area contributed by atoms with Gasteiger partial charge in [0.05, 0.1) is 19.3 Å². The number of ether oxygens (including phenoxy) is 2. The Labute approximate surface area is 150 Å². The van der Waals surface area contributed by atoms with E-state index in [0.29, 0.717) is 6.04 Å². The summed E-state index contributed by atoms with van der Waals surface area (Å²) in [5, 5.41) is 4.30. The van der Waals surface area contributed by atoms with Gasteiger partial charge in [0.15, 0.2) is 0 Å². The number of methoxy groups -OCH3 is 1. The fraction of sp³-hybridized carbons (Fsp3) is 0.550. The molecule has 1 aromatic heterocycles. The minimum atomic E-state index is -0.0255. The summed E-state index contributed by atoms with van der Waals surface area (Å²) in [7, 11) is 3.93. The van der Waals surface area contributed by atoms with E-state index in [9.17, 15) is 0 Å². The summed E-state index contributed by atoms with van der Waals surface area (Å²) in [5.74, 6) is 0.911. The largest absolute Gasteiger partial charge is 0.496 e. The van der Waals surface area contributed by atoms with Gasteiger partial charge >= 0.3 is 0 Å². The summed E-state index contributed by atoms with van der Waals surface area (Å²) in [6.45, 7) is 6.86. The molecule has 1 saturated heterocycles. The molecule has 0 bridgehead atoms. The van der Waals surface area contributed by atoms with Gasteiger partial charge in [-0.15, -0.1) is 0 Å². The van der Waals surface area contributed by atoms with Crippen molar-refractivity contribution < 1.29 is 9.47 Å². The molecule has 2 aromatic rings. The molecule has 136 valence electrons. The van der Waals surface area contributed by atoms with Crippen molar-refractivity contribution in [2.24, 2.45) is 0 Å². The van der Waals surface area contributed by atoms with Gasteiger partial charge in [0, 0.05) is 37.2 Å². The highest BCUT2D eigenvalue weighted by atomic mass is 16.5. The van der Waals surface area contributed by atoms with Crippen molar-refractivity contribution in [2.75, 3.05) is 20.8 Å². The molecule has 1 aliphatic rings. The summed E-state index contributed by atoms with van der Waals surface area (Å²) in [6, 6.07) is 8.96. The van der Waals surface area contributed by atoms with Crippen LogP contribution in [0.5, 0.6) is 5.75 Å². The van der Waals surface area contributed by atoms with E-state index < -0.39 is 0 Å². The first-order valence-corrected chi connectivity index (χ1v) is 8.94. The summed E-state index contributed by atoms with van der Waals surface area (Å²) in [5.41, 5.74) is 2.43. The molecule has 0 spiro atoms. The van der Waals surface area contributed by atoms with Gasteiger partial charge < -0.3 is 9.47 Å². The minimum Gasteiger partial charge on any atom is -0.496 e. The molecule has 1 unspecified atom stereocenters. The van der Waals surface area contributed by atoms with Crippen LogP contribution in [0, 0.1) is 0 Å². The molecule has 1 atom stereocenters. The number of hydrogen-bond donors (Lipinski definition) is 0. The van der Waals surface area contributed by atoms with Crippen molar-refractivity contribution in [3.8, 4) is 5.75 Å². The number of hydrogen-bond acceptors (Lipinski definition) is 4. The van der Waals surface area contributed by atoms with E-state index in [1.165, 1.54) is 5.56 Å². The lowest BCUT2D eigenvalue weighted by atomic mass is 9.93. The molecule has 25 heavy (non-hydrogen) atoms. The van der Waals surface area contributed by atoms with Crippen molar-refractivity contribution in [2.45, 2.75) is 51.4 Å². The van der Waals surface area contributed by atoms with Crippen LogP contribution in [-0.2, 0) is 17.8 Å². The Morgan fingerprint density at radius 3 is 2.92 bits per heavy atom. The van der Waals surface area contributed by atoms with Crippen molar-refractivity contribution >= 4 is 0 Å². The quantitative estimate of drug-likeness (QED) is 0.806. The number of nitrogens with zero attached hydrogens (tertiary/aromatic N) is 3. The zero-order valence-corrected chi connectivity index (χ0v) is 15.7. The first-order chi connectivity index (χ1) is 12.0. The average Bonchev–Trinajstić information content (AvgIpc) is 3.07. The summed E-state index contributed by atoms with van der Waals surface area (Å²) < 4.78 is 13.3. The first kappa shape index (κ1) is 18.0. The Balaban J connectivity index is 1.71. The second-order valence-corrected chi connectivity index (χ2v) is 7.52. The van der Waals surface area contributed by atoms with E-state index in [1.54, 1.807) is 13.3 Å². The van der Waals surface area contributed by atoms with Gasteiger partial charge in [0.1, 0.15) is 5.75 Å². The molecule has 3 rings (SSSR count). The Morgan fingerprint density at radius 2 is 2.24 bits per heavy atom. The van der Waals surface area contributed by atoms with Crippen LogP contribution in [0.3, 0.4) is 0 Å². The second-order valence-electron chi connectivity index (χ2n) is 7.52. The number of benzene rings is 1. The maximum atomic E-state index is 5.85. The summed E-state index contributed by atoms with van der Waals surface area (Å²) in [6.07, 6.45) is 5.94. The standard InChI is InChI=1S/C20H29N3O2/c1-20(2)13-18(8-11-25-20)22(3)14-16-6-7-19(24-4)17(12-16)15-23-10-5-9-21-23/h5-7,9-10,12,18H,8,11,13-15H2,1-4H3. The highest BCUT2D eigenvalue weighted by molar-refractivity contribution is 5.37. The molecule has 1 aliphatic heterocycles. The van der Waals surface area contributed by atoms with Crippen LogP contribution in [0.15, 0.2) is 36.7 Å². The van der Waals surface area contributed by atoms with Crippen LogP contribution in [0.25, 0.3) is 0 Å². The highest BCUT2D eigenvalue weighted by Crippen LogP contribution is 2.28. The minimum absolute atomic E-state index is 0.0255. The third-order valence-electron chi connectivity index (χ3n) is 4.96. The maximum absolute atomic E-state index is 5.85. The van der Waals surface area contributed by atoms with Crippen LogP contribution < -0.4 is 4.74 Å². The molecule has 0 radical (unpaired) electrons. The van der Waals surface area contributed by atoms with Crippen LogP contribution in [0.1, 0.15) is 37.8 Å². The Kier molecular flexibility index (Phi) is 5.45. The number of rotatable bonds is 6. The zero-order chi connectivity index (χ0) is 17.9. The van der Waals surface area contributed by atoms with E-state index in [2.05, 4.69) is 49.1 Å². The smallest absolute Gasteiger partial charge is 0.123 e. The van der Waals surface area contributed by atoms with Gasteiger partial charge in [0.2, 0.25) is 0 Å². The third kappa shape index (κ3) is 4.61. The van der Waals surface area contributed by atoms with Gasteiger partial charge in [-0.1, -0.05) is 6.07 Å². The fourth-order valence-corrected chi connectivity index (χ4v) is 3.62. The van der Waals surface area contributed by atoms with Gasteiger partial charge in [-0.25, -0.2) is 0 Å². The van der Waals surface area contributed by atoms with E-state index in [1.807, 2.05) is 16.9 Å². The molecule has 5 heteroatoms. The normalized spacial score (nSPS) is 20.0. The Morgan fingerprint density at radius 1 is 1.40 bits per heavy atom. The lowest BCUT2D eigenvalue weighted by Gasteiger charge is -2.40. The summed E-state index contributed by atoms with van der Waals surface area (Å²) >= 11 is 0. The topological polar surface area (TPSA) is 39.5 Å². The lowest BCUT2D eigenvalue weighted by molar-refractivity contribution is -0.0809. The zero-order valence-electron chi connectivity index (χ0n) is 15.7. The van der Waals surface area contributed by atoms with Crippen LogP contribution in [0.4, 0.5) is 0 Å². The Hall–Kier alpha value is -1.85. The Bertz CT molecular complexity index is 682. The molecule has 1 fully saturated rings. The van der Waals surface area contributed by atoms with Gasteiger partial charge in [-0.2, -0.15) is 5.10 Å². The molecule has 5 nitrogen and oxygen atoms in total. The van der Waals surface area contributed by atoms with Crippen molar-refractivity contribution in [1.82, 2.24) is 14.7 Å². The highest BCUT2D eigenvalue weighted by Gasteiger charge is 2.30. The van der Waals surface area contributed by atoms with Crippen LogP contribution >= 0.6 is 0 Å². The SMILES string of the molecule is COc1ccc(CN(C)C2CCOC(C)(C)C2)cc1Cn1cccn1.